The van der Waals surface area contributed by atoms with Gasteiger partial charge in [0.1, 0.15) is 23.9 Å². The molecule has 140 valence electrons. The predicted molar refractivity (Wildman–Crippen MR) is 92.4 cm³/mol. The number of amides is 1. The van der Waals surface area contributed by atoms with Gasteiger partial charge in [0.2, 0.25) is 0 Å². The number of hydrogen-bond acceptors (Lipinski definition) is 4. The molecular weight excluding hydrogens is 341 g/mol. The summed E-state index contributed by atoms with van der Waals surface area (Å²) in [6, 6.07) is 8.65. The van der Waals surface area contributed by atoms with E-state index in [0.29, 0.717) is 11.5 Å². The van der Waals surface area contributed by atoms with Gasteiger partial charge in [-0.05, 0) is 49.2 Å². The molecule has 1 unspecified atom stereocenters. The van der Waals surface area contributed by atoms with Crippen molar-refractivity contribution in [3.8, 4) is 5.75 Å². The van der Waals surface area contributed by atoms with E-state index in [-0.39, 0.29) is 30.5 Å². The zero-order valence-electron chi connectivity index (χ0n) is 14.9. The average Bonchev–Trinajstić information content (AvgIpc) is 3.02. The number of carboxylic acid groups (broad SMARTS) is 1. The Kier molecular flexibility index (Phi) is 6.02. The molecule has 0 aliphatic heterocycles. The largest absolute Gasteiger partial charge is 0.486 e. The van der Waals surface area contributed by atoms with E-state index in [1.807, 2.05) is 13.8 Å². The van der Waals surface area contributed by atoms with E-state index in [1.165, 1.54) is 30.3 Å². The molecule has 26 heavy (non-hydrogen) atoms. The van der Waals surface area contributed by atoms with Gasteiger partial charge in [0.25, 0.3) is 5.91 Å². The predicted octanol–water partition coefficient (Wildman–Crippen LogP) is 3.62. The van der Waals surface area contributed by atoms with E-state index >= 15 is 0 Å². The molecule has 0 saturated carbocycles. The van der Waals surface area contributed by atoms with Gasteiger partial charge in [-0.25, -0.2) is 4.39 Å². The van der Waals surface area contributed by atoms with E-state index < -0.39 is 17.4 Å². The summed E-state index contributed by atoms with van der Waals surface area (Å²) in [6.45, 7) is 5.45. The molecule has 0 aliphatic carbocycles. The molecule has 0 radical (unpaired) electrons. The molecule has 0 fully saturated rings. The maximum Gasteiger partial charge on any atom is 0.305 e. The normalized spacial score (nSPS) is 13.3. The molecule has 2 N–H and O–H groups in total. The van der Waals surface area contributed by atoms with E-state index in [4.69, 9.17) is 14.3 Å². The average molecular weight is 363 g/mol. The topological polar surface area (TPSA) is 88.8 Å². The van der Waals surface area contributed by atoms with Crippen LogP contribution >= 0.6 is 0 Å². The van der Waals surface area contributed by atoms with Gasteiger partial charge in [0.05, 0.1) is 12.0 Å². The molecule has 0 aliphatic rings. The summed E-state index contributed by atoms with van der Waals surface area (Å²) in [7, 11) is 0. The van der Waals surface area contributed by atoms with Gasteiger partial charge in [-0.3, -0.25) is 9.59 Å². The Morgan fingerprint density at radius 1 is 1.23 bits per heavy atom. The number of carbonyl (C=O) groups excluding carboxylic acids is 1. The summed E-state index contributed by atoms with van der Waals surface area (Å²) >= 11 is 0. The number of ether oxygens (including phenoxy) is 1. The first-order valence-corrected chi connectivity index (χ1v) is 8.21. The van der Waals surface area contributed by atoms with Crippen molar-refractivity contribution in [2.24, 2.45) is 5.92 Å². The smallest absolute Gasteiger partial charge is 0.305 e. The molecule has 0 bridgehead atoms. The number of halogens is 1. The first-order chi connectivity index (χ1) is 12.2. The Hall–Kier alpha value is -2.83. The summed E-state index contributed by atoms with van der Waals surface area (Å²) in [5.41, 5.74) is -0.902. The monoisotopic (exact) mass is 363 g/mol. The zero-order valence-corrected chi connectivity index (χ0v) is 14.9. The first-order valence-electron chi connectivity index (χ1n) is 8.21. The van der Waals surface area contributed by atoms with Crippen LogP contribution in [0.25, 0.3) is 0 Å². The molecule has 7 heteroatoms. The number of benzene rings is 1. The van der Waals surface area contributed by atoms with Gasteiger partial charge in [-0.1, -0.05) is 13.8 Å². The number of carbonyl (C=O) groups is 2. The van der Waals surface area contributed by atoms with E-state index in [0.717, 1.165) is 0 Å². The summed E-state index contributed by atoms with van der Waals surface area (Å²) in [5, 5.41) is 11.8. The highest BCUT2D eigenvalue weighted by Gasteiger charge is 2.33. The van der Waals surface area contributed by atoms with Gasteiger partial charge in [0, 0.05) is 0 Å². The van der Waals surface area contributed by atoms with E-state index in [9.17, 15) is 14.0 Å². The van der Waals surface area contributed by atoms with Crippen LogP contribution < -0.4 is 10.1 Å². The quantitative estimate of drug-likeness (QED) is 0.748. The molecule has 1 heterocycles. The third-order valence-corrected chi connectivity index (χ3v) is 4.27. The van der Waals surface area contributed by atoms with Crippen LogP contribution in [-0.4, -0.2) is 22.5 Å². The molecular formula is C19H22FNO5. The molecule has 2 aromatic rings. The SMILES string of the molecule is CC(C)C(C)(CC(=O)O)NC(=O)c1ccc(COc2ccc(F)cc2)o1. The van der Waals surface area contributed by atoms with Crippen LogP contribution in [0.4, 0.5) is 4.39 Å². The number of aliphatic carboxylic acids is 1. The molecule has 1 aromatic carbocycles. The lowest BCUT2D eigenvalue weighted by molar-refractivity contribution is -0.138. The number of nitrogens with one attached hydrogen (secondary N) is 1. The van der Waals surface area contributed by atoms with Crippen LogP contribution in [-0.2, 0) is 11.4 Å². The third kappa shape index (κ3) is 5.08. The maximum absolute atomic E-state index is 12.9. The molecule has 0 saturated heterocycles. The summed E-state index contributed by atoms with van der Waals surface area (Å²) in [6.07, 6.45) is -0.197. The van der Waals surface area contributed by atoms with Crippen LogP contribution in [0.1, 0.15) is 43.5 Å². The molecule has 1 aromatic heterocycles. The van der Waals surface area contributed by atoms with Crippen molar-refractivity contribution < 1.29 is 28.2 Å². The Bertz CT molecular complexity index is 768. The van der Waals surface area contributed by atoms with Crippen molar-refractivity contribution in [1.29, 1.82) is 0 Å². The fourth-order valence-electron chi connectivity index (χ4n) is 2.29. The molecule has 2 rings (SSSR count). The highest BCUT2D eigenvalue weighted by Crippen LogP contribution is 2.22. The molecule has 6 nitrogen and oxygen atoms in total. The summed E-state index contributed by atoms with van der Waals surface area (Å²) < 4.78 is 23.8. The lowest BCUT2D eigenvalue weighted by Gasteiger charge is -2.33. The standard InChI is InChI=1S/C19H22FNO5/c1-12(2)19(3,10-17(22)23)21-18(24)16-9-8-15(26-16)11-25-14-6-4-13(20)5-7-14/h4-9,12H,10-11H2,1-3H3,(H,21,24)(H,22,23). The second-order valence-corrected chi connectivity index (χ2v) is 6.61. The Morgan fingerprint density at radius 3 is 2.46 bits per heavy atom. The van der Waals surface area contributed by atoms with Crippen LogP contribution in [0.2, 0.25) is 0 Å². The maximum atomic E-state index is 12.9. The Morgan fingerprint density at radius 2 is 1.88 bits per heavy atom. The Balaban J connectivity index is 2.00. The number of hydrogen-bond donors (Lipinski definition) is 2. The molecule has 0 spiro atoms. The van der Waals surface area contributed by atoms with Gasteiger partial charge < -0.3 is 19.6 Å². The summed E-state index contributed by atoms with van der Waals surface area (Å²) in [4.78, 5) is 23.5. The number of carboxylic acids is 1. The van der Waals surface area contributed by atoms with Crippen LogP contribution in [0, 0.1) is 11.7 Å². The van der Waals surface area contributed by atoms with E-state index in [1.54, 1.807) is 13.0 Å². The molecule has 1 atom stereocenters. The highest BCUT2D eigenvalue weighted by atomic mass is 19.1. The fraction of sp³-hybridized carbons (Fsp3) is 0.368. The highest BCUT2D eigenvalue weighted by molar-refractivity contribution is 5.92. The minimum absolute atomic E-state index is 0.0694. The van der Waals surface area contributed by atoms with Crippen molar-refractivity contribution in [2.75, 3.05) is 0 Å². The summed E-state index contributed by atoms with van der Waals surface area (Å²) in [5.74, 6) is -0.959. The van der Waals surface area contributed by atoms with Gasteiger partial charge in [-0.2, -0.15) is 0 Å². The number of rotatable bonds is 8. The van der Waals surface area contributed by atoms with Crippen LogP contribution in [0.5, 0.6) is 5.75 Å². The number of furan rings is 1. The van der Waals surface area contributed by atoms with Crippen molar-refractivity contribution in [3.63, 3.8) is 0 Å². The van der Waals surface area contributed by atoms with Gasteiger partial charge in [0.15, 0.2) is 5.76 Å². The van der Waals surface area contributed by atoms with Crippen molar-refractivity contribution in [1.82, 2.24) is 5.32 Å². The minimum Gasteiger partial charge on any atom is -0.486 e. The van der Waals surface area contributed by atoms with Crippen LogP contribution in [0.3, 0.4) is 0 Å². The fourth-order valence-corrected chi connectivity index (χ4v) is 2.29. The van der Waals surface area contributed by atoms with Gasteiger partial charge in [-0.15, -0.1) is 0 Å². The first kappa shape index (κ1) is 19.5. The second-order valence-electron chi connectivity index (χ2n) is 6.61. The Labute approximate surface area is 151 Å². The van der Waals surface area contributed by atoms with Crippen molar-refractivity contribution >= 4 is 11.9 Å². The molecule has 1 amide bonds. The minimum atomic E-state index is -0.991. The van der Waals surface area contributed by atoms with Crippen molar-refractivity contribution in [2.45, 2.75) is 39.3 Å². The zero-order chi connectivity index (χ0) is 19.3. The van der Waals surface area contributed by atoms with E-state index in [2.05, 4.69) is 5.32 Å². The second kappa shape index (κ2) is 8.03. The van der Waals surface area contributed by atoms with Crippen molar-refractivity contribution in [3.05, 3.63) is 53.7 Å². The lowest BCUT2D eigenvalue weighted by atomic mass is 9.85. The third-order valence-electron chi connectivity index (χ3n) is 4.27. The van der Waals surface area contributed by atoms with Gasteiger partial charge >= 0.3 is 5.97 Å². The van der Waals surface area contributed by atoms with Crippen LogP contribution in [0.15, 0.2) is 40.8 Å². The lowest BCUT2D eigenvalue weighted by Crippen LogP contribution is -2.51.